The Kier molecular flexibility index (Phi) is 6.73. The van der Waals surface area contributed by atoms with Crippen molar-refractivity contribution in [3.63, 3.8) is 0 Å². The highest BCUT2D eigenvalue weighted by Crippen LogP contribution is 2.29. The van der Waals surface area contributed by atoms with E-state index >= 15 is 0 Å². The number of aromatic amines is 1. The predicted octanol–water partition coefficient (Wildman–Crippen LogP) is 2.41. The first-order chi connectivity index (χ1) is 18.5. The number of carboxylic acid groups (broad SMARTS) is 1. The Bertz CT molecular complexity index is 1300. The van der Waals surface area contributed by atoms with Crippen molar-refractivity contribution in [2.24, 2.45) is 0 Å². The summed E-state index contributed by atoms with van der Waals surface area (Å²) in [6.07, 6.45) is 2.61. The van der Waals surface area contributed by atoms with Crippen molar-refractivity contribution >= 4 is 34.7 Å². The number of piperidine rings is 1. The Balaban J connectivity index is 1.06. The summed E-state index contributed by atoms with van der Waals surface area (Å²) < 4.78 is 5.47. The van der Waals surface area contributed by atoms with Gasteiger partial charge in [-0.1, -0.05) is 12.1 Å². The molecule has 6 rings (SSSR count). The second-order valence-electron chi connectivity index (χ2n) is 10.1. The molecule has 4 N–H and O–H groups in total. The van der Waals surface area contributed by atoms with Crippen LogP contribution in [-0.2, 0) is 4.74 Å². The Labute approximate surface area is 220 Å². The zero-order valence-corrected chi connectivity index (χ0v) is 21.1. The van der Waals surface area contributed by atoms with Gasteiger partial charge in [0.25, 0.3) is 0 Å². The van der Waals surface area contributed by atoms with Gasteiger partial charge in [0, 0.05) is 56.2 Å². The van der Waals surface area contributed by atoms with Crippen molar-refractivity contribution in [2.45, 2.75) is 24.9 Å². The topological polar surface area (TPSA) is 139 Å². The van der Waals surface area contributed by atoms with E-state index in [4.69, 9.17) is 9.84 Å². The first kappa shape index (κ1) is 24.4. The van der Waals surface area contributed by atoms with Crippen LogP contribution >= 0.6 is 0 Å². The fourth-order valence-corrected chi connectivity index (χ4v) is 5.49. The first-order valence-corrected chi connectivity index (χ1v) is 13.1. The van der Waals surface area contributed by atoms with Gasteiger partial charge in [-0.2, -0.15) is 0 Å². The van der Waals surface area contributed by atoms with Gasteiger partial charge in [-0.05, 0) is 43.1 Å². The second kappa shape index (κ2) is 10.5. The molecule has 12 heteroatoms. The van der Waals surface area contributed by atoms with E-state index in [0.29, 0.717) is 32.0 Å². The number of rotatable bonds is 5. The lowest BCUT2D eigenvalue weighted by Crippen LogP contribution is -2.64. The maximum atomic E-state index is 12.7. The standard InChI is InChI=1S/C26H32N8O4/c35-25(30-19-2-1-7-33(13-19)20-14-34(15-20)26(36)37)29-18-5-3-17(4-6-18)22-12-21-23(31-22)27-16-28-24(21)32-8-10-38-11-9-32/h3-6,12,16,19-20H,1-2,7-11,13-15H2,(H,36,37)(H,27,28,31)(H2,29,30,35)/t19-/m0/s1. The van der Waals surface area contributed by atoms with E-state index in [1.807, 2.05) is 24.3 Å². The van der Waals surface area contributed by atoms with E-state index in [-0.39, 0.29) is 18.1 Å². The summed E-state index contributed by atoms with van der Waals surface area (Å²) in [6.45, 7) is 5.74. The molecule has 0 radical (unpaired) electrons. The van der Waals surface area contributed by atoms with Gasteiger partial charge >= 0.3 is 12.1 Å². The summed E-state index contributed by atoms with van der Waals surface area (Å²) in [5.74, 6) is 0.911. The number of fused-ring (bicyclic) bond motifs is 1. The molecule has 3 amide bonds. The minimum Gasteiger partial charge on any atom is -0.465 e. The number of amides is 3. The van der Waals surface area contributed by atoms with E-state index < -0.39 is 6.09 Å². The van der Waals surface area contributed by atoms with Crippen LogP contribution in [0.25, 0.3) is 22.3 Å². The van der Waals surface area contributed by atoms with Gasteiger partial charge in [-0.3, -0.25) is 4.90 Å². The molecule has 3 aliphatic rings. The summed E-state index contributed by atoms with van der Waals surface area (Å²) in [5, 5.41) is 16.1. The van der Waals surface area contributed by atoms with Crippen LogP contribution in [0, 0.1) is 0 Å². The third-order valence-corrected chi connectivity index (χ3v) is 7.61. The lowest BCUT2D eigenvalue weighted by atomic mass is 10.0. The summed E-state index contributed by atoms with van der Waals surface area (Å²) in [7, 11) is 0. The Morgan fingerprint density at radius 2 is 1.84 bits per heavy atom. The maximum absolute atomic E-state index is 12.7. The quantitative estimate of drug-likeness (QED) is 0.402. The number of hydrogen-bond acceptors (Lipinski definition) is 7. The van der Waals surface area contributed by atoms with Crippen molar-refractivity contribution in [2.75, 3.05) is 62.7 Å². The summed E-state index contributed by atoms with van der Waals surface area (Å²) in [6, 6.07) is 9.82. The highest BCUT2D eigenvalue weighted by Gasteiger charge is 2.37. The SMILES string of the molecule is O=C(Nc1ccc(-c2cc3c(N4CCOCC4)ncnc3[nH]2)cc1)N[C@H]1CCCN(C2CN(C(=O)O)C2)C1. The molecule has 2 aromatic heterocycles. The van der Waals surface area contributed by atoms with Crippen LogP contribution in [0.3, 0.4) is 0 Å². The predicted molar refractivity (Wildman–Crippen MR) is 142 cm³/mol. The minimum atomic E-state index is -0.866. The van der Waals surface area contributed by atoms with Crippen LogP contribution in [0.5, 0.6) is 0 Å². The van der Waals surface area contributed by atoms with Gasteiger partial charge in [0.15, 0.2) is 0 Å². The molecule has 0 bridgehead atoms. The van der Waals surface area contributed by atoms with Crippen LogP contribution in [0.1, 0.15) is 12.8 Å². The average molecular weight is 521 g/mol. The van der Waals surface area contributed by atoms with Crippen molar-refractivity contribution in [3.05, 3.63) is 36.7 Å². The van der Waals surface area contributed by atoms with Crippen molar-refractivity contribution in [3.8, 4) is 11.3 Å². The Morgan fingerprint density at radius 1 is 1.05 bits per heavy atom. The number of nitrogens with one attached hydrogen (secondary N) is 3. The zero-order valence-electron chi connectivity index (χ0n) is 21.1. The lowest BCUT2D eigenvalue weighted by molar-refractivity contribution is 0.0222. The molecular weight excluding hydrogens is 488 g/mol. The number of nitrogens with zero attached hydrogens (tertiary/aromatic N) is 5. The van der Waals surface area contributed by atoms with E-state index in [9.17, 15) is 9.59 Å². The van der Waals surface area contributed by atoms with Crippen molar-refractivity contribution in [1.29, 1.82) is 0 Å². The molecule has 5 heterocycles. The van der Waals surface area contributed by atoms with E-state index in [2.05, 4.69) is 41.5 Å². The number of aromatic nitrogens is 3. The number of carbonyl (C=O) groups excluding carboxylic acids is 1. The summed E-state index contributed by atoms with van der Waals surface area (Å²) in [5.41, 5.74) is 3.42. The monoisotopic (exact) mass is 520 g/mol. The number of hydrogen-bond donors (Lipinski definition) is 4. The molecule has 0 aliphatic carbocycles. The third-order valence-electron chi connectivity index (χ3n) is 7.61. The fourth-order valence-electron chi connectivity index (χ4n) is 5.49. The smallest absolute Gasteiger partial charge is 0.407 e. The second-order valence-corrected chi connectivity index (χ2v) is 10.1. The number of likely N-dealkylation sites (tertiary alicyclic amines) is 2. The van der Waals surface area contributed by atoms with Crippen molar-refractivity contribution < 1.29 is 19.4 Å². The summed E-state index contributed by atoms with van der Waals surface area (Å²) in [4.78, 5) is 42.0. The molecule has 12 nitrogen and oxygen atoms in total. The van der Waals surface area contributed by atoms with Gasteiger partial charge in [-0.25, -0.2) is 19.6 Å². The largest absolute Gasteiger partial charge is 0.465 e. The molecule has 0 saturated carbocycles. The molecule has 3 fully saturated rings. The van der Waals surface area contributed by atoms with Crippen LogP contribution in [0.4, 0.5) is 21.1 Å². The van der Waals surface area contributed by atoms with Crippen LogP contribution in [0.15, 0.2) is 36.7 Å². The molecule has 0 unspecified atom stereocenters. The van der Waals surface area contributed by atoms with E-state index in [0.717, 1.165) is 67.1 Å². The molecule has 1 atom stereocenters. The van der Waals surface area contributed by atoms with E-state index in [1.54, 1.807) is 6.33 Å². The number of H-pyrrole nitrogens is 1. The number of ether oxygens (including phenoxy) is 1. The molecule has 3 saturated heterocycles. The molecule has 3 aromatic rings. The number of morpholine rings is 1. The lowest BCUT2D eigenvalue weighted by Gasteiger charge is -2.46. The van der Waals surface area contributed by atoms with Gasteiger partial charge in [-0.15, -0.1) is 0 Å². The molecule has 0 spiro atoms. The average Bonchev–Trinajstić information content (AvgIpc) is 3.33. The van der Waals surface area contributed by atoms with Gasteiger partial charge in [0.2, 0.25) is 0 Å². The van der Waals surface area contributed by atoms with Crippen LogP contribution in [0.2, 0.25) is 0 Å². The molecule has 1 aromatic carbocycles. The highest BCUT2D eigenvalue weighted by atomic mass is 16.5. The fraction of sp³-hybridized carbons (Fsp3) is 0.462. The van der Waals surface area contributed by atoms with Gasteiger partial charge in [0.1, 0.15) is 17.8 Å². The first-order valence-electron chi connectivity index (χ1n) is 13.1. The van der Waals surface area contributed by atoms with Crippen LogP contribution in [-0.4, -0.2) is 107 Å². The maximum Gasteiger partial charge on any atom is 0.407 e. The van der Waals surface area contributed by atoms with Crippen molar-refractivity contribution in [1.82, 2.24) is 30.1 Å². The Morgan fingerprint density at radius 3 is 2.61 bits per heavy atom. The molecule has 38 heavy (non-hydrogen) atoms. The summed E-state index contributed by atoms with van der Waals surface area (Å²) >= 11 is 0. The van der Waals surface area contributed by atoms with E-state index in [1.165, 1.54) is 4.90 Å². The number of urea groups is 1. The zero-order chi connectivity index (χ0) is 26.1. The normalized spacial score (nSPS) is 20.8. The minimum absolute atomic E-state index is 0.0371. The number of anilines is 2. The molecular formula is C26H32N8O4. The molecule has 3 aliphatic heterocycles. The number of benzene rings is 1. The van der Waals surface area contributed by atoms with Gasteiger partial charge in [0.05, 0.1) is 18.6 Å². The molecule has 200 valence electrons. The number of carbonyl (C=O) groups is 2. The Hall–Kier alpha value is -3.90. The highest BCUT2D eigenvalue weighted by molar-refractivity contribution is 5.93. The van der Waals surface area contributed by atoms with Gasteiger partial charge < -0.3 is 35.3 Å². The van der Waals surface area contributed by atoms with Crippen LogP contribution < -0.4 is 15.5 Å². The third kappa shape index (κ3) is 5.09.